The Morgan fingerprint density at radius 3 is 1.23 bits per heavy atom. The number of hydrogen-bond donors (Lipinski definition) is 4. The third kappa shape index (κ3) is 20.0. The summed E-state index contributed by atoms with van der Waals surface area (Å²) >= 11 is 11.5. The molecule has 0 radical (unpaired) electrons. The Balaban J connectivity index is 0.000000191. The molecule has 21 nitrogen and oxygen atoms in total. The van der Waals surface area contributed by atoms with Crippen LogP contribution in [0.2, 0.25) is 10.0 Å². The van der Waals surface area contributed by atoms with Gasteiger partial charge in [0.15, 0.2) is 22.9 Å². The SMILES string of the molecule is C.C.C.CC(C)(C)C(=O)c1c[nH]c2ncc(-c3cc(C#N)cc(N4CCCC4)c3)nc12.CC(C)(C)C(=O)c1c[nH]c2ncc(-c3cc(C(N)=O)cc(N4CCCC4)c3)nc12.CC1(C)OB(c2cc(C#N)cc(N3CCCC3)c2)OC1(C)C.N#Cc1cc(Cl)cc(N2CCCC2)c1.N#Cc1cc(N)cc(Cl)c1. The van der Waals surface area contributed by atoms with Gasteiger partial charge in [-0.15, -0.1) is 0 Å². The molecule has 14 rings (SSSR count). The monoisotopic (exact) mass is 1470 g/mol. The van der Waals surface area contributed by atoms with Gasteiger partial charge >= 0.3 is 7.12 Å². The number of ketones is 2. The molecule has 0 bridgehead atoms. The maximum absolute atomic E-state index is 12.8. The summed E-state index contributed by atoms with van der Waals surface area (Å²) < 4.78 is 12.2. The summed E-state index contributed by atoms with van der Waals surface area (Å²) in [5, 5.41) is 37.2. The molecule has 9 aromatic rings. The number of nitrogens with zero attached hydrogens (tertiary/aromatic N) is 12. The number of carbonyl (C=O) groups excluding carboxylic acids is 3. The molecule has 6 N–H and O–H groups in total. The number of halogens is 2. The lowest BCUT2D eigenvalue weighted by molar-refractivity contribution is 0.00578. The first-order chi connectivity index (χ1) is 48.9. The Labute approximate surface area is 635 Å². The lowest BCUT2D eigenvalue weighted by atomic mass is 9.78. The molecule has 106 heavy (non-hydrogen) atoms. The maximum Gasteiger partial charge on any atom is 0.494 e. The topological polar surface area (TPSA) is 313 Å². The fourth-order valence-corrected chi connectivity index (χ4v) is 13.2. The average Bonchev–Trinajstić information content (AvgIpc) is 1.61. The molecule has 0 atom stereocenters. The summed E-state index contributed by atoms with van der Waals surface area (Å²) in [5.74, 6) is -0.459. The van der Waals surface area contributed by atoms with Crippen molar-refractivity contribution in [2.75, 3.05) is 77.7 Å². The van der Waals surface area contributed by atoms with Crippen LogP contribution in [0.15, 0.2) is 116 Å². The fourth-order valence-electron chi connectivity index (χ4n) is 12.7. The number of aromatic amines is 2. The van der Waals surface area contributed by atoms with E-state index in [0.717, 1.165) is 105 Å². The number of rotatable bonds is 10. The van der Waals surface area contributed by atoms with E-state index < -0.39 is 23.9 Å². The smallest absolute Gasteiger partial charge is 0.399 e. The van der Waals surface area contributed by atoms with Gasteiger partial charge in [0.05, 0.1) is 92.6 Å². The van der Waals surface area contributed by atoms with Crippen LogP contribution in [0.3, 0.4) is 0 Å². The Morgan fingerprint density at radius 2 is 0.840 bits per heavy atom. The number of nitrogens with two attached hydrogens (primary N) is 2. The number of aromatic nitrogens is 6. The van der Waals surface area contributed by atoms with Crippen LogP contribution in [0.1, 0.15) is 196 Å². The number of nitrogen functional groups attached to an aromatic ring is 1. The number of primary amides is 1. The number of nitrogens with one attached hydrogen (secondary N) is 2. The zero-order chi connectivity index (χ0) is 74.1. The third-order valence-electron chi connectivity index (χ3n) is 19.0. The molecule has 5 saturated heterocycles. The highest BCUT2D eigenvalue weighted by molar-refractivity contribution is 6.62. The van der Waals surface area contributed by atoms with Gasteiger partial charge in [0, 0.05) is 131 Å². The van der Waals surface area contributed by atoms with Crippen molar-refractivity contribution < 1.29 is 23.7 Å². The van der Waals surface area contributed by atoms with Crippen molar-refractivity contribution in [1.29, 1.82) is 21.0 Å². The minimum Gasteiger partial charge on any atom is -0.399 e. The number of anilines is 5. The number of nitriles is 4. The van der Waals surface area contributed by atoms with Crippen LogP contribution in [0.25, 0.3) is 44.8 Å². The zero-order valence-electron chi connectivity index (χ0n) is 60.2. The van der Waals surface area contributed by atoms with Crippen LogP contribution >= 0.6 is 23.2 Å². The summed E-state index contributed by atoms with van der Waals surface area (Å²) in [7, 11) is -0.417. The van der Waals surface area contributed by atoms with Crippen LogP contribution in [0.5, 0.6) is 0 Å². The lowest BCUT2D eigenvalue weighted by Crippen LogP contribution is -2.41. The van der Waals surface area contributed by atoms with Crippen molar-refractivity contribution in [1.82, 2.24) is 29.9 Å². The van der Waals surface area contributed by atoms with Crippen LogP contribution in [0, 0.1) is 56.2 Å². The highest BCUT2D eigenvalue weighted by Crippen LogP contribution is 2.38. The van der Waals surface area contributed by atoms with E-state index in [1.165, 1.54) is 38.5 Å². The van der Waals surface area contributed by atoms with Crippen LogP contribution in [-0.4, -0.2) is 118 Å². The van der Waals surface area contributed by atoms with Gasteiger partial charge in [0.1, 0.15) is 11.0 Å². The van der Waals surface area contributed by atoms with Gasteiger partial charge in [-0.1, -0.05) is 87.0 Å². The van der Waals surface area contributed by atoms with Crippen LogP contribution in [-0.2, 0) is 9.31 Å². The van der Waals surface area contributed by atoms with E-state index >= 15 is 0 Å². The zero-order valence-corrected chi connectivity index (χ0v) is 61.7. The molecule has 5 aromatic carbocycles. The molecule has 0 saturated carbocycles. The number of H-pyrrole nitrogens is 2. The molecular formula is C82H99BCl2N16O5. The second-order valence-corrected chi connectivity index (χ2v) is 30.3. The summed E-state index contributed by atoms with van der Waals surface area (Å²) in [6.45, 7) is 27.7. The van der Waals surface area contributed by atoms with E-state index in [9.17, 15) is 24.9 Å². The van der Waals surface area contributed by atoms with Gasteiger partial charge in [0.25, 0.3) is 0 Å². The second kappa shape index (κ2) is 35.2. The molecule has 1 amide bonds. The summed E-state index contributed by atoms with van der Waals surface area (Å²) in [6, 6.07) is 36.1. The number of Topliss-reactive ketones (excluding diaryl/α,β-unsaturated/α-hetero) is 2. The Bertz CT molecular complexity index is 4770. The van der Waals surface area contributed by atoms with Crippen LogP contribution < -0.4 is 36.5 Å². The van der Waals surface area contributed by atoms with Gasteiger partial charge < -0.3 is 50.3 Å². The summed E-state index contributed by atoms with van der Waals surface area (Å²) in [5.41, 5.74) is 23.8. The van der Waals surface area contributed by atoms with E-state index in [4.69, 9.17) is 64.5 Å². The van der Waals surface area contributed by atoms with E-state index in [1.807, 2.05) is 124 Å². The van der Waals surface area contributed by atoms with Crippen molar-refractivity contribution in [3.63, 3.8) is 0 Å². The average molecular weight is 1470 g/mol. The van der Waals surface area contributed by atoms with E-state index in [1.54, 1.807) is 55.1 Å². The maximum atomic E-state index is 12.8. The molecule has 4 aromatic heterocycles. The Hall–Kier alpha value is -10.3. The number of benzene rings is 5. The van der Waals surface area contributed by atoms with Crippen molar-refractivity contribution in [2.45, 2.75) is 154 Å². The first-order valence-electron chi connectivity index (χ1n) is 34.8. The van der Waals surface area contributed by atoms with Gasteiger partial charge in [-0.2, -0.15) is 21.0 Å². The summed E-state index contributed by atoms with van der Waals surface area (Å²) in [4.78, 5) is 71.1. The molecule has 554 valence electrons. The molecule has 5 fully saturated rings. The van der Waals surface area contributed by atoms with Crippen molar-refractivity contribution in [3.8, 4) is 46.8 Å². The summed E-state index contributed by atoms with van der Waals surface area (Å²) in [6.07, 6.45) is 16.2. The number of hydrogen-bond acceptors (Lipinski definition) is 18. The van der Waals surface area contributed by atoms with E-state index in [2.05, 4.69) is 69.9 Å². The van der Waals surface area contributed by atoms with E-state index in [-0.39, 0.29) is 45.0 Å². The highest BCUT2D eigenvalue weighted by Gasteiger charge is 2.52. The second-order valence-electron chi connectivity index (χ2n) is 29.5. The van der Waals surface area contributed by atoms with Gasteiger partial charge in [-0.3, -0.25) is 14.4 Å². The van der Waals surface area contributed by atoms with Gasteiger partial charge in [-0.25, -0.2) is 19.9 Å². The van der Waals surface area contributed by atoms with Gasteiger partial charge in [-0.05, 0) is 176 Å². The van der Waals surface area contributed by atoms with Crippen molar-refractivity contribution >= 4 is 104 Å². The standard InChI is InChI=1S/C22H25N5O2.C22H23N5O.C17H23BN2O2.C11H11ClN2.C7H5ClN2.3CH4/c1-22(2,3)19(28)16-11-24-21-18(16)26-17(12-25-21)13-8-14(20(23)29)10-15(9-13)27-6-4-5-7-27;1-22(2,3)20(28)17-12-24-21-19(17)26-18(13-25-21)15-8-14(11-23)9-16(10-15)27-6-4-5-7-27;1-16(2)17(3,4)22-18(21-16)14-9-13(12-19)10-15(11-14)20-7-5-6-8-20;12-10-5-9(8-13)6-11(7-10)14-3-1-2-4-14;8-6-1-5(4-9)2-7(10)3-6;;;/h8-12H,4-7H2,1-3H3,(H2,23,29)(H,24,25);8-10,12-13H,4-7H2,1-3H3,(H,24,25);9-11H,5-8H2,1-4H3;5-7H,1-4H2;1-3H,10H2;3*1H4. The number of carbonyl (C=O) groups is 3. The predicted octanol–water partition coefficient (Wildman–Crippen LogP) is 16.9. The molecule has 9 heterocycles. The molecule has 5 aliphatic heterocycles. The normalized spacial score (nSPS) is 15.4. The first-order valence-corrected chi connectivity index (χ1v) is 35.6. The van der Waals surface area contributed by atoms with Crippen molar-refractivity contribution in [2.24, 2.45) is 16.6 Å². The molecule has 5 aliphatic rings. The molecule has 0 aliphatic carbocycles. The number of amides is 1. The predicted molar refractivity (Wildman–Crippen MR) is 429 cm³/mol. The quantitative estimate of drug-likeness (QED) is 0.0561. The molecule has 0 unspecified atom stereocenters. The first kappa shape index (κ1) is 83.0. The van der Waals surface area contributed by atoms with E-state index in [0.29, 0.717) is 88.4 Å². The number of fused-ring (bicyclic) bond motifs is 2. The lowest BCUT2D eigenvalue weighted by Gasteiger charge is -2.32. The van der Waals surface area contributed by atoms with Gasteiger partial charge in [0.2, 0.25) is 5.91 Å². The van der Waals surface area contributed by atoms with Crippen LogP contribution in [0.4, 0.5) is 28.4 Å². The molecule has 0 spiro atoms. The minimum atomic E-state index is -0.526. The fraction of sp³-hybridized carbons (Fsp3) is 0.402. The Kier molecular flexibility index (Phi) is 27.5. The largest absolute Gasteiger partial charge is 0.494 e. The molecular weight excluding hydrogens is 1370 g/mol. The third-order valence-corrected chi connectivity index (χ3v) is 19.4. The highest BCUT2D eigenvalue weighted by atomic mass is 35.5. The Morgan fingerprint density at radius 1 is 0.491 bits per heavy atom. The molecule has 24 heteroatoms. The van der Waals surface area contributed by atoms with Crippen molar-refractivity contribution in [3.05, 3.63) is 165 Å². The minimum absolute atomic E-state index is 0.